The van der Waals surface area contributed by atoms with Crippen molar-refractivity contribution in [2.24, 2.45) is 0 Å². The zero-order chi connectivity index (χ0) is 12.6. The number of hydrogen-bond acceptors (Lipinski definition) is 3. The molecule has 0 saturated carbocycles. The predicted octanol–water partition coefficient (Wildman–Crippen LogP) is 2.88. The molecule has 0 fully saturated rings. The van der Waals surface area contributed by atoms with E-state index in [-0.39, 0.29) is 11.4 Å². The minimum atomic E-state index is -0.696. The molecule has 0 radical (unpaired) electrons. The maximum absolute atomic E-state index is 13.2. The maximum atomic E-state index is 13.2. The lowest BCUT2D eigenvalue weighted by molar-refractivity contribution is -0.385. The van der Waals surface area contributed by atoms with Crippen LogP contribution in [0.3, 0.4) is 0 Å². The fourth-order valence-electron chi connectivity index (χ4n) is 1.37. The SMILES string of the molecule is Cc1nn(-c2cc(F)cc([N+](=O)[O-])c2)cc1Cl. The molecule has 2 aromatic rings. The lowest BCUT2D eigenvalue weighted by atomic mass is 10.3. The third-order valence-corrected chi connectivity index (χ3v) is 2.55. The molecule has 88 valence electrons. The van der Waals surface area contributed by atoms with E-state index in [1.165, 1.54) is 16.9 Å². The van der Waals surface area contributed by atoms with Gasteiger partial charge in [0.05, 0.1) is 27.4 Å². The molecule has 0 aliphatic rings. The third-order valence-electron chi connectivity index (χ3n) is 2.18. The molecule has 0 N–H and O–H groups in total. The van der Waals surface area contributed by atoms with Crippen LogP contribution in [0.25, 0.3) is 5.69 Å². The molecule has 1 heterocycles. The summed E-state index contributed by atoms with van der Waals surface area (Å²) >= 11 is 5.81. The number of non-ortho nitro benzene ring substituents is 1. The molecule has 1 aromatic carbocycles. The number of halogens is 2. The summed E-state index contributed by atoms with van der Waals surface area (Å²) in [5.74, 6) is -0.696. The molecule has 0 unspecified atom stereocenters. The molecular formula is C10H7ClFN3O2. The normalized spacial score (nSPS) is 10.5. The van der Waals surface area contributed by atoms with Gasteiger partial charge in [0.2, 0.25) is 0 Å². The Bertz CT molecular complexity index is 578. The van der Waals surface area contributed by atoms with Crippen LogP contribution in [0.4, 0.5) is 10.1 Å². The molecule has 0 atom stereocenters. The first-order valence-electron chi connectivity index (χ1n) is 4.64. The highest BCUT2D eigenvalue weighted by Gasteiger charge is 2.12. The molecule has 0 saturated heterocycles. The van der Waals surface area contributed by atoms with Crippen LogP contribution < -0.4 is 0 Å². The predicted molar refractivity (Wildman–Crippen MR) is 59.9 cm³/mol. The Morgan fingerprint density at radius 2 is 2.18 bits per heavy atom. The first-order valence-corrected chi connectivity index (χ1v) is 5.02. The van der Waals surface area contributed by atoms with E-state index < -0.39 is 10.7 Å². The second kappa shape index (κ2) is 4.14. The Kier molecular flexibility index (Phi) is 2.81. The highest BCUT2D eigenvalue weighted by molar-refractivity contribution is 6.31. The molecule has 0 bridgehead atoms. The van der Waals surface area contributed by atoms with Crippen molar-refractivity contribution < 1.29 is 9.31 Å². The number of rotatable bonds is 2. The van der Waals surface area contributed by atoms with Crippen molar-refractivity contribution in [1.82, 2.24) is 9.78 Å². The average molecular weight is 256 g/mol. The second-order valence-corrected chi connectivity index (χ2v) is 3.84. The smallest absolute Gasteiger partial charge is 0.258 e. The average Bonchev–Trinajstić information content (AvgIpc) is 2.58. The topological polar surface area (TPSA) is 61.0 Å². The number of nitro groups is 1. The lowest BCUT2D eigenvalue weighted by Crippen LogP contribution is -1.98. The molecule has 0 spiro atoms. The molecule has 1 aromatic heterocycles. The molecular weight excluding hydrogens is 249 g/mol. The molecule has 7 heteroatoms. The monoisotopic (exact) mass is 255 g/mol. The van der Waals surface area contributed by atoms with Gasteiger partial charge in [0.15, 0.2) is 0 Å². The standard InChI is InChI=1S/C10H7ClFN3O2/c1-6-10(11)5-14(13-6)8-2-7(12)3-9(4-8)15(16)17/h2-5H,1H3. The summed E-state index contributed by atoms with van der Waals surface area (Å²) in [5.41, 5.74) is 0.495. The maximum Gasteiger partial charge on any atom is 0.274 e. The van der Waals surface area contributed by atoms with Crippen molar-refractivity contribution in [3.8, 4) is 5.69 Å². The highest BCUT2D eigenvalue weighted by atomic mass is 35.5. The summed E-state index contributed by atoms with van der Waals surface area (Å²) in [6.07, 6.45) is 1.47. The molecule has 0 aliphatic heterocycles. The zero-order valence-electron chi connectivity index (χ0n) is 8.72. The Hall–Kier alpha value is -1.95. The van der Waals surface area contributed by atoms with E-state index in [1.807, 2.05) is 0 Å². The van der Waals surface area contributed by atoms with Crippen LogP contribution in [0.1, 0.15) is 5.69 Å². The van der Waals surface area contributed by atoms with Crippen LogP contribution >= 0.6 is 11.6 Å². The zero-order valence-corrected chi connectivity index (χ0v) is 9.48. The first kappa shape index (κ1) is 11.5. The Balaban J connectivity index is 2.55. The van der Waals surface area contributed by atoms with E-state index in [0.717, 1.165) is 12.1 Å². The van der Waals surface area contributed by atoms with Crippen molar-refractivity contribution in [3.63, 3.8) is 0 Å². The van der Waals surface area contributed by atoms with Gasteiger partial charge in [0.25, 0.3) is 5.69 Å². The largest absolute Gasteiger partial charge is 0.274 e. The summed E-state index contributed by atoms with van der Waals surface area (Å²) in [5, 5.41) is 15.0. The molecule has 0 aliphatic carbocycles. The fraction of sp³-hybridized carbons (Fsp3) is 0.100. The number of nitro benzene ring substituents is 1. The number of aryl methyl sites for hydroxylation is 1. The van der Waals surface area contributed by atoms with Crippen LogP contribution in [0.5, 0.6) is 0 Å². The minimum absolute atomic E-state index is 0.256. The summed E-state index contributed by atoms with van der Waals surface area (Å²) in [7, 11) is 0. The quantitative estimate of drug-likeness (QED) is 0.612. The van der Waals surface area contributed by atoms with Gasteiger partial charge in [-0.05, 0) is 6.92 Å². The summed E-state index contributed by atoms with van der Waals surface area (Å²) in [6.45, 7) is 1.69. The van der Waals surface area contributed by atoms with E-state index >= 15 is 0 Å². The lowest BCUT2D eigenvalue weighted by Gasteiger charge is -2.01. The van der Waals surface area contributed by atoms with Gasteiger partial charge in [-0.1, -0.05) is 11.6 Å². The van der Waals surface area contributed by atoms with Crippen molar-refractivity contribution in [3.05, 3.63) is 51.0 Å². The second-order valence-electron chi connectivity index (χ2n) is 3.43. The van der Waals surface area contributed by atoms with E-state index in [1.54, 1.807) is 6.92 Å². The number of benzene rings is 1. The van der Waals surface area contributed by atoms with Gasteiger partial charge >= 0.3 is 0 Å². The molecule has 17 heavy (non-hydrogen) atoms. The van der Waals surface area contributed by atoms with Gasteiger partial charge in [0, 0.05) is 18.3 Å². The Labute approximate surface area is 101 Å². The molecule has 0 amide bonds. The van der Waals surface area contributed by atoms with Crippen molar-refractivity contribution in [2.75, 3.05) is 0 Å². The van der Waals surface area contributed by atoms with Crippen LogP contribution in [0.2, 0.25) is 5.02 Å². The van der Waals surface area contributed by atoms with E-state index in [4.69, 9.17) is 11.6 Å². The first-order chi connectivity index (χ1) is 7.97. The minimum Gasteiger partial charge on any atom is -0.258 e. The van der Waals surface area contributed by atoms with E-state index in [9.17, 15) is 14.5 Å². The van der Waals surface area contributed by atoms with Crippen LogP contribution in [0.15, 0.2) is 24.4 Å². The van der Waals surface area contributed by atoms with Crippen molar-refractivity contribution in [2.45, 2.75) is 6.92 Å². The van der Waals surface area contributed by atoms with Gasteiger partial charge in [-0.15, -0.1) is 0 Å². The Morgan fingerprint density at radius 1 is 1.47 bits per heavy atom. The number of hydrogen-bond donors (Lipinski definition) is 0. The van der Waals surface area contributed by atoms with Crippen molar-refractivity contribution >= 4 is 17.3 Å². The van der Waals surface area contributed by atoms with E-state index in [0.29, 0.717) is 10.7 Å². The Morgan fingerprint density at radius 3 is 2.71 bits per heavy atom. The van der Waals surface area contributed by atoms with Gasteiger partial charge in [-0.3, -0.25) is 10.1 Å². The number of aromatic nitrogens is 2. The molecule has 5 nitrogen and oxygen atoms in total. The summed E-state index contributed by atoms with van der Waals surface area (Å²) < 4.78 is 14.5. The van der Waals surface area contributed by atoms with E-state index in [2.05, 4.69) is 5.10 Å². The van der Waals surface area contributed by atoms with Gasteiger partial charge < -0.3 is 0 Å². The summed E-state index contributed by atoms with van der Waals surface area (Å²) in [4.78, 5) is 9.93. The van der Waals surface area contributed by atoms with Gasteiger partial charge in [0.1, 0.15) is 5.82 Å². The third kappa shape index (κ3) is 2.26. The van der Waals surface area contributed by atoms with Crippen LogP contribution in [-0.2, 0) is 0 Å². The van der Waals surface area contributed by atoms with Crippen LogP contribution in [0, 0.1) is 22.9 Å². The highest BCUT2D eigenvalue weighted by Crippen LogP contribution is 2.21. The number of nitrogens with zero attached hydrogens (tertiary/aromatic N) is 3. The summed E-state index contributed by atoms with van der Waals surface area (Å²) in [6, 6.07) is 3.23. The molecule has 2 rings (SSSR count). The van der Waals surface area contributed by atoms with Gasteiger partial charge in [-0.2, -0.15) is 5.10 Å². The fourth-order valence-corrected chi connectivity index (χ4v) is 1.50. The van der Waals surface area contributed by atoms with Crippen LogP contribution in [-0.4, -0.2) is 14.7 Å². The van der Waals surface area contributed by atoms with Gasteiger partial charge in [-0.25, -0.2) is 9.07 Å². The van der Waals surface area contributed by atoms with Crippen molar-refractivity contribution in [1.29, 1.82) is 0 Å².